The van der Waals surface area contributed by atoms with Crippen LogP contribution in [0.2, 0.25) is 0 Å². The zero-order chi connectivity index (χ0) is 13.3. The molecule has 0 heterocycles. The van der Waals surface area contributed by atoms with Crippen LogP contribution in [-0.2, 0) is 0 Å². The zero-order valence-corrected chi connectivity index (χ0v) is 12.2. The summed E-state index contributed by atoms with van der Waals surface area (Å²) in [5.41, 5.74) is 7.48. The van der Waals surface area contributed by atoms with Crippen molar-refractivity contribution in [1.29, 1.82) is 0 Å². The van der Waals surface area contributed by atoms with Crippen molar-refractivity contribution in [2.24, 2.45) is 0 Å². The Hall–Kier alpha value is -1.27. The second-order valence-electron chi connectivity index (χ2n) is 5.08. The minimum Gasteiger partial charge on any atom is -0.113 e. The lowest BCUT2D eigenvalue weighted by Crippen LogP contribution is -1.99. The summed E-state index contributed by atoms with van der Waals surface area (Å²) in [6, 6.07) is 12.9. The van der Waals surface area contributed by atoms with E-state index in [1.807, 2.05) is 0 Å². The predicted octanol–water partition coefficient (Wildman–Crippen LogP) is 5.25. The van der Waals surface area contributed by atoms with E-state index in [0.717, 1.165) is 0 Å². The van der Waals surface area contributed by atoms with Gasteiger partial charge in [0.05, 0.1) is 5.38 Å². The van der Waals surface area contributed by atoms with E-state index in [2.05, 4.69) is 64.1 Å². The van der Waals surface area contributed by atoms with Crippen LogP contribution < -0.4 is 0 Å². The lowest BCUT2D eigenvalue weighted by atomic mass is 9.95. The number of hydrogen-bond donors (Lipinski definition) is 0. The van der Waals surface area contributed by atoms with Crippen molar-refractivity contribution in [1.82, 2.24) is 0 Å². The molecule has 0 bridgehead atoms. The van der Waals surface area contributed by atoms with Crippen LogP contribution in [0.3, 0.4) is 0 Å². The third-order valence-corrected chi connectivity index (χ3v) is 3.87. The molecule has 0 radical (unpaired) electrons. The van der Waals surface area contributed by atoms with E-state index in [1.165, 1.54) is 33.4 Å². The smallest absolute Gasteiger partial charge is 0.0840 e. The largest absolute Gasteiger partial charge is 0.113 e. The SMILES string of the molecule is Cc1ccc(C(Cl)c2ccc(C)cc2C)c(C)c1. The molecule has 0 spiro atoms. The van der Waals surface area contributed by atoms with Crippen LogP contribution in [0.1, 0.15) is 38.8 Å². The molecule has 0 nitrogen and oxygen atoms in total. The first-order chi connectivity index (χ1) is 8.49. The second-order valence-corrected chi connectivity index (χ2v) is 5.52. The van der Waals surface area contributed by atoms with E-state index in [1.54, 1.807) is 0 Å². The molecule has 0 fully saturated rings. The highest BCUT2D eigenvalue weighted by Crippen LogP contribution is 2.33. The Morgan fingerprint density at radius 2 is 1.11 bits per heavy atom. The monoisotopic (exact) mass is 258 g/mol. The standard InChI is InChI=1S/C17H19Cl/c1-11-5-7-15(13(3)9-11)17(18)16-8-6-12(2)10-14(16)4/h5-10,17H,1-4H3. The van der Waals surface area contributed by atoms with Crippen LogP contribution >= 0.6 is 11.6 Å². The topological polar surface area (TPSA) is 0 Å². The van der Waals surface area contributed by atoms with Gasteiger partial charge in [0, 0.05) is 0 Å². The first kappa shape index (κ1) is 13.2. The summed E-state index contributed by atoms with van der Waals surface area (Å²) in [5, 5.41) is -0.0637. The Kier molecular flexibility index (Phi) is 3.77. The van der Waals surface area contributed by atoms with Gasteiger partial charge in [0.15, 0.2) is 0 Å². The average molecular weight is 259 g/mol. The van der Waals surface area contributed by atoms with Crippen LogP contribution in [0.15, 0.2) is 36.4 Å². The van der Waals surface area contributed by atoms with E-state index < -0.39 is 0 Å². The first-order valence-corrected chi connectivity index (χ1v) is 6.71. The van der Waals surface area contributed by atoms with Crippen LogP contribution in [0.4, 0.5) is 0 Å². The molecule has 2 rings (SSSR count). The van der Waals surface area contributed by atoms with Crippen molar-refractivity contribution in [3.63, 3.8) is 0 Å². The van der Waals surface area contributed by atoms with Gasteiger partial charge in [0.25, 0.3) is 0 Å². The maximum Gasteiger partial charge on any atom is 0.0840 e. The summed E-state index contributed by atoms with van der Waals surface area (Å²) in [4.78, 5) is 0. The molecule has 1 heteroatoms. The average Bonchev–Trinajstić information content (AvgIpc) is 2.28. The first-order valence-electron chi connectivity index (χ1n) is 6.27. The van der Waals surface area contributed by atoms with E-state index in [4.69, 9.17) is 11.6 Å². The van der Waals surface area contributed by atoms with Crippen molar-refractivity contribution in [2.75, 3.05) is 0 Å². The van der Waals surface area contributed by atoms with Gasteiger partial charge in [0.1, 0.15) is 0 Å². The summed E-state index contributed by atoms with van der Waals surface area (Å²) >= 11 is 6.65. The van der Waals surface area contributed by atoms with Gasteiger partial charge in [-0.05, 0) is 49.9 Å². The van der Waals surface area contributed by atoms with Crippen molar-refractivity contribution in [2.45, 2.75) is 33.1 Å². The molecule has 18 heavy (non-hydrogen) atoms. The highest BCUT2D eigenvalue weighted by molar-refractivity contribution is 6.22. The van der Waals surface area contributed by atoms with Gasteiger partial charge < -0.3 is 0 Å². The highest BCUT2D eigenvalue weighted by atomic mass is 35.5. The molecule has 0 aliphatic rings. The molecule has 0 aliphatic carbocycles. The third kappa shape index (κ3) is 2.59. The minimum absolute atomic E-state index is 0.0637. The fourth-order valence-corrected chi connectivity index (χ4v) is 2.88. The van der Waals surface area contributed by atoms with Crippen LogP contribution in [0.25, 0.3) is 0 Å². The summed E-state index contributed by atoms with van der Waals surface area (Å²) in [6.07, 6.45) is 0. The molecule has 94 valence electrons. The third-order valence-electron chi connectivity index (χ3n) is 3.40. The number of benzene rings is 2. The Labute approximate surface area is 115 Å². The Morgan fingerprint density at radius 1 is 0.722 bits per heavy atom. The molecule has 2 aromatic rings. The molecule has 0 amide bonds. The van der Waals surface area contributed by atoms with Crippen LogP contribution in [-0.4, -0.2) is 0 Å². The normalized spacial score (nSPS) is 11.0. The number of halogens is 1. The molecule has 0 atom stereocenters. The van der Waals surface area contributed by atoms with Crippen LogP contribution in [0, 0.1) is 27.7 Å². The molecule has 2 aromatic carbocycles. The Balaban J connectivity index is 2.44. The van der Waals surface area contributed by atoms with Gasteiger partial charge in [-0.3, -0.25) is 0 Å². The predicted molar refractivity (Wildman–Crippen MR) is 79.5 cm³/mol. The van der Waals surface area contributed by atoms with Gasteiger partial charge in [-0.15, -0.1) is 11.6 Å². The number of alkyl halides is 1. The molecular weight excluding hydrogens is 240 g/mol. The highest BCUT2D eigenvalue weighted by Gasteiger charge is 2.15. The summed E-state index contributed by atoms with van der Waals surface area (Å²) < 4.78 is 0. The Morgan fingerprint density at radius 3 is 1.44 bits per heavy atom. The molecule has 0 aliphatic heterocycles. The van der Waals surface area contributed by atoms with E-state index in [-0.39, 0.29) is 5.38 Å². The van der Waals surface area contributed by atoms with E-state index >= 15 is 0 Å². The fourth-order valence-electron chi connectivity index (χ4n) is 2.39. The van der Waals surface area contributed by atoms with Crippen molar-refractivity contribution < 1.29 is 0 Å². The van der Waals surface area contributed by atoms with Gasteiger partial charge in [-0.2, -0.15) is 0 Å². The van der Waals surface area contributed by atoms with Gasteiger partial charge in [-0.1, -0.05) is 47.5 Å². The van der Waals surface area contributed by atoms with Crippen molar-refractivity contribution in [3.05, 3.63) is 69.8 Å². The maximum atomic E-state index is 6.65. The summed E-state index contributed by atoms with van der Waals surface area (Å²) in [5.74, 6) is 0. The van der Waals surface area contributed by atoms with Crippen molar-refractivity contribution in [3.8, 4) is 0 Å². The maximum absolute atomic E-state index is 6.65. The number of hydrogen-bond acceptors (Lipinski definition) is 0. The lowest BCUT2D eigenvalue weighted by Gasteiger charge is -2.16. The van der Waals surface area contributed by atoms with E-state index in [0.29, 0.717) is 0 Å². The quantitative estimate of drug-likeness (QED) is 0.646. The molecule has 0 N–H and O–H groups in total. The summed E-state index contributed by atoms with van der Waals surface area (Å²) in [6.45, 7) is 8.47. The van der Waals surface area contributed by atoms with Gasteiger partial charge in [0.2, 0.25) is 0 Å². The lowest BCUT2D eigenvalue weighted by molar-refractivity contribution is 1.08. The second kappa shape index (κ2) is 5.16. The Bertz CT molecular complexity index is 518. The molecule has 0 unspecified atom stereocenters. The van der Waals surface area contributed by atoms with E-state index in [9.17, 15) is 0 Å². The van der Waals surface area contributed by atoms with Crippen molar-refractivity contribution >= 4 is 11.6 Å². The summed E-state index contributed by atoms with van der Waals surface area (Å²) in [7, 11) is 0. The number of rotatable bonds is 2. The van der Waals surface area contributed by atoms with Crippen LogP contribution in [0.5, 0.6) is 0 Å². The minimum atomic E-state index is -0.0637. The van der Waals surface area contributed by atoms with Gasteiger partial charge in [-0.25, -0.2) is 0 Å². The number of aryl methyl sites for hydroxylation is 4. The zero-order valence-electron chi connectivity index (χ0n) is 11.4. The molecular formula is C17H19Cl. The van der Waals surface area contributed by atoms with Gasteiger partial charge >= 0.3 is 0 Å². The molecule has 0 saturated heterocycles. The fraction of sp³-hybridized carbons (Fsp3) is 0.294. The molecule has 0 aromatic heterocycles. The molecule has 0 saturated carbocycles.